The molecule has 0 aliphatic heterocycles. The average molecular weight is 490 g/mol. The fourth-order valence-electron chi connectivity index (χ4n) is 5.00. The van der Waals surface area contributed by atoms with Crippen LogP contribution in [0.15, 0.2) is 96.2 Å². The second-order valence-electron chi connectivity index (χ2n) is 9.70. The van der Waals surface area contributed by atoms with Crippen LogP contribution in [-0.4, -0.2) is 25.4 Å². The Bertz CT molecular complexity index is 1590. The third kappa shape index (κ3) is 4.68. The predicted octanol–water partition coefficient (Wildman–Crippen LogP) is 4.38. The lowest BCUT2D eigenvalue weighted by Gasteiger charge is -2.18. The highest BCUT2D eigenvalue weighted by Crippen LogP contribution is 2.50. The van der Waals surface area contributed by atoms with E-state index in [0.717, 1.165) is 35.0 Å². The van der Waals surface area contributed by atoms with Crippen LogP contribution < -0.4 is 10.9 Å². The zero-order valence-corrected chi connectivity index (χ0v) is 20.4. The topological polar surface area (TPSA) is 92.7 Å². The van der Waals surface area contributed by atoms with Crippen molar-refractivity contribution in [2.45, 2.75) is 37.8 Å². The smallest absolute Gasteiger partial charge is 0.273 e. The molecular weight excluding hydrogens is 462 g/mol. The van der Waals surface area contributed by atoms with Gasteiger partial charge in [0.05, 0.1) is 18.4 Å². The molecule has 184 valence electrons. The number of aromatic nitrogens is 4. The van der Waals surface area contributed by atoms with Crippen LogP contribution in [0, 0.1) is 0 Å². The second-order valence-corrected chi connectivity index (χ2v) is 9.70. The first-order valence-corrected chi connectivity index (χ1v) is 12.5. The molecule has 1 fully saturated rings. The Morgan fingerprint density at radius 1 is 1.00 bits per heavy atom. The second kappa shape index (κ2) is 9.50. The molecule has 0 unspecified atom stereocenters. The zero-order valence-electron chi connectivity index (χ0n) is 20.4. The molecule has 37 heavy (non-hydrogen) atoms. The van der Waals surface area contributed by atoms with Gasteiger partial charge in [0.1, 0.15) is 12.2 Å². The highest BCUT2D eigenvalue weighted by molar-refractivity contribution is 5.80. The molecule has 1 aliphatic carbocycles. The van der Waals surface area contributed by atoms with Gasteiger partial charge < -0.3 is 10.3 Å². The van der Waals surface area contributed by atoms with Gasteiger partial charge in [-0.2, -0.15) is 0 Å². The van der Waals surface area contributed by atoms with Gasteiger partial charge in [0.15, 0.2) is 0 Å². The van der Waals surface area contributed by atoms with Crippen molar-refractivity contribution in [1.82, 2.24) is 24.8 Å². The van der Waals surface area contributed by atoms with Gasteiger partial charge in [-0.1, -0.05) is 60.7 Å². The molecule has 1 aliphatic rings. The van der Waals surface area contributed by atoms with Crippen LogP contribution in [0.4, 0.5) is 0 Å². The van der Waals surface area contributed by atoms with Crippen LogP contribution >= 0.6 is 0 Å². The average Bonchev–Trinajstić information content (AvgIpc) is 3.60. The van der Waals surface area contributed by atoms with Crippen LogP contribution in [-0.2, 0) is 29.7 Å². The molecule has 1 saturated carbocycles. The molecule has 6 rings (SSSR count). The van der Waals surface area contributed by atoms with Crippen molar-refractivity contribution < 1.29 is 4.79 Å². The molecule has 5 aromatic rings. The van der Waals surface area contributed by atoms with Gasteiger partial charge in [-0.05, 0) is 36.1 Å². The van der Waals surface area contributed by atoms with Crippen molar-refractivity contribution in [1.29, 1.82) is 0 Å². The standard InChI is InChI=1S/C30H27N5O2/c36-28(33-18-24-15-22-17-31-14-11-25(22)34-24)20-35-27(21-7-3-1-4-8-21)19-32-26(29(35)37)16-30(12-13-30)23-9-5-2-6-10-23/h1-11,14-15,17,19,34H,12-13,16,18,20H2,(H,33,36). The van der Waals surface area contributed by atoms with Gasteiger partial charge in [0.25, 0.3) is 5.56 Å². The number of pyridine rings is 1. The Labute approximate surface area is 214 Å². The van der Waals surface area contributed by atoms with E-state index in [4.69, 9.17) is 0 Å². The Morgan fingerprint density at radius 2 is 1.76 bits per heavy atom. The van der Waals surface area contributed by atoms with Gasteiger partial charge in [-0.25, -0.2) is 0 Å². The van der Waals surface area contributed by atoms with Crippen LogP contribution in [0.25, 0.3) is 22.2 Å². The number of fused-ring (bicyclic) bond motifs is 1. The lowest BCUT2D eigenvalue weighted by atomic mass is 9.91. The third-order valence-electron chi connectivity index (χ3n) is 7.20. The molecule has 7 heteroatoms. The molecule has 0 spiro atoms. The number of rotatable bonds is 8. The molecule has 7 nitrogen and oxygen atoms in total. The molecule has 3 heterocycles. The predicted molar refractivity (Wildman–Crippen MR) is 143 cm³/mol. The fourth-order valence-corrected chi connectivity index (χ4v) is 5.00. The number of hydrogen-bond acceptors (Lipinski definition) is 4. The quantitative estimate of drug-likeness (QED) is 0.338. The minimum absolute atomic E-state index is 0.0494. The largest absolute Gasteiger partial charge is 0.357 e. The number of carbonyl (C=O) groups is 1. The van der Waals surface area contributed by atoms with Crippen molar-refractivity contribution in [3.63, 3.8) is 0 Å². The number of nitrogens with one attached hydrogen (secondary N) is 2. The summed E-state index contributed by atoms with van der Waals surface area (Å²) in [5, 5.41) is 3.94. The maximum Gasteiger partial charge on any atom is 0.273 e. The molecule has 2 N–H and O–H groups in total. The van der Waals surface area contributed by atoms with Gasteiger partial charge in [0.2, 0.25) is 5.91 Å². The molecule has 2 aromatic carbocycles. The summed E-state index contributed by atoms with van der Waals surface area (Å²) >= 11 is 0. The van der Waals surface area contributed by atoms with Crippen LogP contribution in [0.1, 0.15) is 29.8 Å². The Balaban J connectivity index is 1.27. The number of H-pyrrole nitrogens is 1. The SMILES string of the molecule is O=C(Cn1c(-c2ccccc2)cnc(CC2(c3ccccc3)CC2)c1=O)NCc1cc2cnccc2[nH]1. The molecule has 0 atom stereocenters. The van der Waals surface area contributed by atoms with Crippen LogP contribution in [0.2, 0.25) is 0 Å². The van der Waals surface area contributed by atoms with Crippen molar-refractivity contribution in [3.05, 3.63) is 119 Å². The molecule has 1 amide bonds. The third-order valence-corrected chi connectivity index (χ3v) is 7.20. The fraction of sp³-hybridized carbons (Fsp3) is 0.200. The summed E-state index contributed by atoms with van der Waals surface area (Å²) in [6.07, 6.45) is 7.85. The molecule has 0 saturated heterocycles. The monoisotopic (exact) mass is 489 g/mol. The van der Waals surface area contributed by atoms with Crippen molar-refractivity contribution >= 4 is 16.8 Å². The van der Waals surface area contributed by atoms with Crippen molar-refractivity contribution in [2.24, 2.45) is 0 Å². The normalized spacial score (nSPS) is 13.9. The van der Waals surface area contributed by atoms with E-state index in [-0.39, 0.29) is 23.4 Å². The summed E-state index contributed by atoms with van der Waals surface area (Å²) in [5.41, 5.74) is 4.79. The molecule has 0 radical (unpaired) electrons. The highest BCUT2D eigenvalue weighted by atomic mass is 16.2. The summed E-state index contributed by atoms with van der Waals surface area (Å²) in [7, 11) is 0. The van der Waals surface area contributed by atoms with Crippen molar-refractivity contribution in [3.8, 4) is 11.3 Å². The van der Waals surface area contributed by atoms with E-state index in [1.54, 1.807) is 23.2 Å². The lowest BCUT2D eigenvalue weighted by Crippen LogP contribution is -2.35. The van der Waals surface area contributed by atoms with Gasteiger partial charge in [-0.15, -0.1) is 0 Å². The van der Waals surface area contributed by atoms with E-state index < -0.39 is 0 Å². The maximum atomic E-state index is 13.7. The van der Waals surface area contributed by atoms with E-state index in [1.165, 1.54) is 5.56 Å². The lowest BCUT2D eigenvalue weighted by molar-refractivity contribution is -0.121. The zero-order chi connectivity index (χ0) is 25.2. The summed E-state index contributed by atoms with van der Waals surface area (Å²) < 4.78 is 1.56. The van der Waals surface area contributed by atoms with Gasteiger partial charge >= 0.3 is 0 Å². The highest BCUT2D eigenvalue weighted by Gasteiger charge is 2.45. The summed E-state index contributed by atoms with van der Waals surface area (Å²) in [6.45, 7) is 0.247. The first-order chi connectivity index (χ1) is 18.1. The molecular formula is C30H27N5O2. The van der Waals surface area contributed by atoms with Crippen LogP contribution in [0.3, 0.4) is 0 Å². The van der Waals surface area contributed by atoms with Crippen LogP contribution in [0.5, 0.6) is 0 Å². The minimum Gasteiger partial charge on any atom is -0.357 e. The summed E-state index contributed by atoms with van der Waals surface area (Å²) in [5.74, 6) is -0.239. The van der Waals surface area contributed by atoms with E-state index in [2.05, 4.69) is 32.4 Å². The Kier molecular flexibility index (Phi) is 5.88. The summed E-state index contributed by atoms with van der Waals surface area (Å²) in [6, 6.07) is 23.8. The number of carbonyl (C=O) groups excluding carboxylic acids is 1. The number of benzene rings is 2. The number of amides is 1. The maximum absolute atomic E-state index is 13.7. The van der Waals surface area contributed by atoms with Gasteiger partial charge in [0, 0.05) is 40.8 Å². The first-order valence-electron chi connectivity index (χ1n) is 12.5. The minimum atomic E-state index is -0.239. The number of aromatic amines is 1. The summed E-state index contributed by atoms with van der Waals surface area (Å²) in [4.78, 5) is 38.8. The molecule has 0 bridgehead atoms. The van der Waals surface area contributed by atoms with E-state index in [9.17, 15) is 9.59 Å². The van der Waals surface area contributed by atoms with Gasteiger partial charge in [-0.3, -0.25) is 24.1 Å². The Hall–Kier alpha value is -4.52. The van der Waals surface area contributed by atoms with E-state index >= 15 is 0 Å². The number of hydrogen-bond donors (Lipinski definition) is 2. The van der Waals surface area contributed by atoms with E-state index in [0.29, 0.717) is 24.4 Å². The van der Waals surface area contributed by atoms with E-state index in [1.807, 2.05) is 60.7 Å². The number of nitrogens with zero attached hydrogens (tertiary/aromatic N) is 3. The first kappa shape index (κ1) is 22.9. The Morgan fingerprint density at radius 3 is 2.49 bits per heavy atom. The van der Waals surface area contributed by atoms with Crippen molar-refractivity contribution in [2.75, 3.05) is 0 Å². The molecule has 3 aromatic heterocycles.